The number of fused-ring (bicyclic) bond motifs is 1. The highest BCUT2D eigenvalue weighted by molar-refractivity contribution is 6.93. The number of rotatable bonds is 19. The number of carbonyl (C=O) groups is 11. The maximum atomic E-state index is 12.8. The molecule has 564 valence electrons. The van der Waals surface area contributed by atoms with Crippen molar-refractivity contribution in [2.24, 2.45) is 0 Å². The molecule has 3 aromatic carbocycles. The number of hydrazine groups is 4. The summed E-state index contributed by atoms with van der Waals surface area (Å²) in [4.78, 5) is 138. The molecule has 2 N–H and O–H groups in total. The van der Waals surface area contributed by atoms with Crippen molar-refractivity contribution in [1.82, 2.24) is 55.6 Å². The SMILES string of the molecule is C.C=CC(=O)OCc1ccccc1.CNCCC(=O)OCc1ccccc1.COC(=O)[C@@H]1CCCN(C)N1.COC(=O)[C@@H]1CCCN(C)N1C(=O)Cl.COC(=O)[C@@H]1CCCN(C)N1C(=O)N(C)CCCOOCc1ccccc1.COC(=O)[C@@H]1CCCN2C(=O)CCN(C)C(=O)N12.O=C(Cl)Cl. The molecule has 101 heavy (non-hydrogen) atoms. The minimum Gasteiger partial charge on any atom is -0.468 e. The third kappa shape index (κ3) is 34.9. The van der Waals surface area contributed by atoms with Gasteiger partial charge in [-0.15, -0.1) is 0 Å². The Labute approximate surface area is 607 Å². The number of carbonyl (C=O) groups excluding carboxylic acids is 11. The number of esters is 6. The average Bonchev–Trinajstić information content (AvgIpc) is 1.77. The van der Waals surface area contributed by atoms with E-state index in [1.54, 1.807) is 43.1 Å². The zero-order valence-electron chi connectivity index (χ0n) is 58.7. The van der Waals surface area contributed by atoms with Crippen LogP contribution in [0.15, 0.2) is 104 Å². The van der Waals surface area contributed by atoms with Crippen LogP contribution in [0.2, 0.25) is 0 Å². The molecule has 5 heterocycles. The van der Waals surface area contributed by atoms with Crippen molar-refractivity contribution in [1.29, 1.82) is 0 Å². The van der Waals surface area contributed by atoms with Crippen molar-refractivity contribution in [2.75, 3.05) is 123 Å². The Morgan fingerprint density at radius 3 is 1.54 bits per heavy atom. The van der Waals surface area contributed by atoms with Crippen molar-refractivity contribution in [3.8, 4) is 0 Å². The predicted molar refractivity (Wildman–Crippen MR) is 377 cm³/mol. The Morgan fingerprint density at radius 2 is 1.06 bits per heavy atom. The van der Waals surface area contributed by atoms with Crippen LogP contribution in [-0.2, 0) is 91.6 Å². The van der Waals surface area contributed by atoms with E-state index < -0.39 is 40.1 Å². The van der Waals surface area contributed by atoms with Crippen LogP contribution in [0.5, 0.6) is 0 Å². The summed E-state index contributed by atoms with van der Waals surface area (Å²) < 4.78 is 27.7. The largest absolute Gasteiger partial charge is 0.468 e. The molecule has 8 rings (SSSR count). The molecular formula is C68H102Cl3N11O19. The molecule has 0 bridgehead atoms. The van der Waals surface area contributed by atoms with Gasteiger partial charge in [-0.3, -0.25) is 24.0 Å². The van der Waals surface area contributed by atoms with Gasteiger partial charge in [0.2, 0.25) is 5.91 Å². The standard InChI is InChI=1S/C19H29N3O5.C11H17N3O4.C11H15NO2.C10H10O2.C8H13ClN2O3.C7H14N2O2.CCl2O.CH4/c1-20(12-8-14-26-27-15-16-9-5-4-6-10-16)19(24)22-17(18(23)25-3)11-7-13-21(22)2;1-12-7-5-9(15)13-6-3-4-8(10(16)18-2)14(13)11(12)17;1-12-8-7-11(13)14-9-10-5-3-2-4-6-10;1-2-10(11)12-8-9-6-4-3-5-7-9;1-10-5-3-4-6(7(12)14-2)11(10)8(9)13;1-9-5-3-4-6(8-9)7(10)11-2;2-1(3)4;/h4-6,9-10,17H,7-8,11-15H2,1-3H3;8H,3-7H2,1-2H3;2-6,12H,7-9H2,1H3;2-7H,1,8H2;6H,3-5H2,1-2H3;6,8H,3-5H2,1-2H3;;1H4/t17-;8-;;;2*6-;;/m00..00../s1. The normalized spacial score (nSPS) is 17.9. The van der Waals surface area contributed by atoms with Gasteiger partial charge in [0.15, 0.2) is 6.04 Å². The number of hydrogen-bond acceptors (Lipinski definition) is 24. The zero-order valence-corrected chi connectivity index (χ0v) is 61.0. The Kier molecular flexibility index (Phi) is 46.8. The maximum Gasteiger partial charge on any atom is 0.339 e. The third-order valence-electron chi connectivity index (χ3n) is 15.2. The Hall–Kier alpha value is -8.04. The van der Waals surface area contributed by atoms with Crippen molar-refractivity contribution in [3.05, 3.63) is 120 Å². The fraction of sp³-hybridized carbons (Fsp3) is 0.544. The molecule has 5 fully saturated rings. The summed E-state index contributed by atoms with van der Waals surface area (Å²) in [5.41, 5.74) is 6.06. The minimum atomic E-state index is -0.889. The van der Waals surface area contributed by atoms with Crippen LogP contribution in [0.1, 0.15) is 94.7 Å². The van der Waals surface area contributed by atoms with Crippen molar-refractivity contribution >= 4 is 98.7 Å². The summed E-state index contributed by atoms with van der Waals surface area (Å²) in [5.74, 6) is -2.14. The third-order valence-corrected chi connectivity index (χ3v) is 15.3. The fourth-order valence-corrected chi connectivity index (χ4v) is 10.2. The van der Waals surface area contributed by atoms with E-state index in [-0.39, 0.29) is 61.7 Å². The lowest BCUT2D eigenvalue weighted by Crippen LogP contribution is -2.60. The number of methoxy groups -OCH3 is 4. The van der Waals surface area contributed by atoms with Gasteiger partial charge in [0, 0.05) is 93.5 Å². The van der Waals surface area contributed by atoms with Gasteiger partial charge < -0.3 is 43.5 Å². The Balaban J connectivity index is 0.000000615. The highest BCUT2D eigenvalue weighted by Gasteiger charge is 2.43. The van der Waals surface area contributed by atoms with E-state index in [0.29, 0.717) is 97.7 Å². The molecule has 33 heteroatoms. The van der Waals surface area contributed by atoms with Crippen molar-refractivity contribution in [2.45, 2.75) is 122 Å². The van der Waals surface area contributed by atoms with Gasteiger partial charge >= 0.3 is 57.9 Å². The number of nitrogens with one attached hydrogen (secondary N) is 2. The first-order valence-corrected chi connectivity index (χ1v) is 33.3. The summed E-state index contributed by atoms with van der Waals surface area (Å²) in [6.45, 7) is 9.17. The molecule has 0 radical (unpaired) electrons. The second-order valence-electron chi connectivity index (χ2n) is 22.5. The van der Waals surface area contributed by atoms with Crippen LogP contribution in [0, 0.1) is 0 Å². The molecule has 5 aliphatic rings. The molecule has 3 aromatic rings. The fourth-order valence-electron chi connectivity index (χ4n) is 9.98. The second-order valence-corrected chi connectivity index (χ2v) is 23.7. The van der Waals surface area contributed by atoms with Crippen LogP contribution in [-0.4, -0.2) is 256 Å². The van der Waals surface area contributed by atoms with Crippen LogP contribution in [0.4, 0.5) is 19.2 Å². The van der Waals surface area contributed by atoms with Crippen LogP contribution < -0.4 is 10.7 Å². The molecule has 0 saturated carbocycles. The van der Waals surface area contributed by atoms with Gasteiger partial charge in [-0.1, -0.05) is 105 Å². The maximum absolute atomic E-state index is 12.8. The molecule has 6 amide bonds. The van der Waals surface area contributed by atoms with Crippen LogP contribution >= 0.6 is 34.8 Å². The summed E-state index contributed by atoms with van der Waals surface area (Å²) in [6.07, 6.45) is 8.50. The number of urea groups is 2. The molecule has 30 nitrogen and oxygen atoms in total. The monoisotopic (exact) mass is 1480 g/mol. The molecule has 5 aliphatic heterocycles. The lowest BCUT2D eigenvalue weighted by Gasteiger charge is -2.42. The summed E-state index contributed by atoms with van der Waals surface area (Å²) in [7, 11) is 15.9. The quantitative estimate of drug-likeness (QED) is 0.0168. The van der Waals surface area contributed by atoms with E-state index in [0.717, 1.165) is 61.5 Å². The zero-order chi connectivity index (χ0) is 74.5. The van der Waals surface area contributed by atoms with E-state index >= 15 is 0 Å². The van der Waals surface area contributed by atoms with Gasteiger partial charge in [0.05, 0.1) is 41.5 Å². The van der Waals surface area contributed by atoms with E-state index in [4.69, 9.17) is 45.1 Å². The first kappa shape index (κ1) is 91.0. The Morgan fingerprint density at radius 1 is 0.604 bits per heavy atom. The summed E-state index contributed by atoms with van der Waals surface area (Å²) in [5, 5.41) is 12.9. The number of hydrogen-bond donors (Lipinski definition) is 2. The average molecular weight is 1480 g/mol. The number of ether oxygens (including phenoxy) is 6. The van der Waals surface area contributed by atoms with E-state index in [1.165, 1.54) is 53.4 Å². The number of halogens is 3. The van der Waals surface area contributed by atoms with Gasteiger partial charge in [-0.25, -0.2) is 79.0 Å². The smallest absolute Gasteiger partial charge is 0.339 e. The second kappa shape index (κ2) is 52.0. The molecule has 5 saturated heterocycles. The lowest BCUT2D eigenvalue weighted by molar-refractivity contribution is -0.304. The molecular weight excluding hydrogens is 1380 g/mol. The summed E-state index contributed by atoms with van der Waals surface area (Å²) >= 11 is 14.2. The van der Waals surface area contributed by atoms with Gasteiger partial charge in [0.25, 0.3) is 0 Å². The van der Waals surface area contributed by atoms with Gasteiger partial charge in [0.1, 0.15) is 37.9 Å². The topological polar surface area (TPSA) is 315 Å². The van der Waals surface area contributed by atoms with Gasteiger partial charge in [-0.05, 0) is 116 Å². The molecule has 4 atom stereocenters. The molecule has 0 unspecified atom stereocenters. The highest BCUT2D eigenvalue weighted by atomic mass is 35.5. The van der Waals surface area contributed by atoms with Crippen molar-refractivity contribution < 1.29 is 90.9 Å². The van der Waals surface area contributed by atoms with Crippen LogP contribution in [0.25, 0.3) is 0 Å². The number of nitrogens with zero attached hydrogens (tertiary/aromatic N) is 9. The number of amides is 6. The Bertz CT molecular complexity index is 2990. The minimum absolute atomic E-state index is 0. The van der Waals surface area contributed by atoms with E-state index in [2.05, 4.69) is 50.0 Å². The lowest BCUT2D eigenvalue weighted by atomic mass is 10.1. The first-order chi connectivity index (χ1) is 47.8. The first-order valence-electron chi connectivity index (χ1n) is 32.2. The van der Waals surface area contributed by atoms with E-state index in [1.807, 2.05) is 110 Å². The van der Waals surface area contributed by atoms with Gasteiger partial charge in [-0.2, -0.15) is 0 Å². The molecule has 0 spiro atoms. The van der Waals surface area contributed by atoms with E-state index in [9.17, 15) is 47.9 Å². The highest BCUT2D eigenvalue weighted by Crippen LogP contribution is 2.25. The number of benzene rings is 3. The van der Waals surface area contributed by atoms with Crippen molar-refractivity contribution in [3.63, 3.8) is 0 Å². The molecule has 0 aliphatic carbocycles. The predicted octanol–water partition coefficient (Wildman–Crippen LogP) is 7.95. The van der Waals surface area contributed by atoms with Crippen LogP contribution in [0.3, 0.4) is 0 Å². The summed E-state index contributed by atoms with van der Waals surface area (Å²) in [6, 6.07) is 26.4. The molecule has 0 aromatic heterocycles.